The number of benzene rings is 2. The quantitative estimate of drug-likeness (QED) is 0.375. The zero-order chi connectivity index (χ0) is 17.9. The lowest BCUT2D eigenvalue weighted by atomic mass is 10.2. The summed E-state index contributed by atoms with van der Waals surface area (Å²) in [6.45, 7) is 2.49. The van der Waals surface area contributed by atoms with Crippen molar-refractivity contribution in [3.63, 3.8) is 0 Å². The molecule has 0 saturated heterocycles. The third kappa shape index (κ3) is 3.30. The van der Waals surface area contributed by atoms with Crippen LogP contribution in [0.15, 0.2) is 87.4 Å². The second-order valence-electron chi connectivity index (χ2n) is 6.05. The number of thioether (sulfide) groups is 1. The van der Waals surface area contributed by atoms with Crippen LogP contribution in [0.2, 0.25) is 0 Å². The SMILES string of the molecule is CC(Sc1nc2ccccc2c(=O)n1Cc1ccco1)c1ccccc1. The van der Waals surface area contributed by atoms with E-state index >= 15 is 0 Å². The Morgan fingerprint density at radius 1 is 1.04 bits per heavy atom. The summed E-state index contributed by atoms with van der Waals surface area (Å²) >= 11 is 1.58. The maximum Gasteiger partial charge on any atom is 0.262 e. The van der Waals surface area contributed by atoms with Crippen molar-refractivity contribution >= 4 is 22.7 Å². The van der Waals surface area contributed by atoms with Crippen LogP contribution in [-0.2, 0) is 6.54 Å². The molecule has 1 unspecified atom stereocenters. The molecule has 0 aliphatic rings. The lowest BCUT2D eigenvalue weighted by Crippen LogP contribution is -2.24. The maximum atomic E-state index is 13.1. The Morgan fingerprint density at radius 2 is 1.81 bits per heavy atom. The number of hydrogen-bond acceptors (Lipinski definition) is 4. The van der Waals surface area contributed by atoms with E-state index in [-0.39, 0.29) is 10.8 Å². The highest BCUT2D eigenvalue weighted by Gasteiger charge is 2.16. The van der Waals surface area contributed by atoms with E-state index in [9.17, 15) is 4.79 Å². The first-order valence-electron chi connectivity index (χ1n) is 8.46. The summed E-state index contributed by atoms with van der Waals surface area (Å²) < 4.78 is 7.15. The van der Waals surface area contributed by atoms with E-state index in [0.29, 0.717) is 17.1 Å². The second-order valence-corrected chi connectivity index (χ2v) is 7.36. The predicted molar refractivity (Wildman–Crippen MR) is 105 cm³/mol. The molecular formula is C21H18N2O2S. The highest BCUT2D eigenvalue weighted by atomic mass is 32.2. The molecule has 0 spiro atoms. The Morgan fingerprint density at radius 3 is 2.58 bits per heavy atom. The fourth-order valence-electron chi connectivity index (χ4n) is 2.89. The number of fused-ring (bicyclic) bond motifs is 1. The molecule has 5 heteroatoms. The Labute approximate surface area is 155 Å². The van der Waals surface area contributed by atoms with Crippen LogP contribution in [0.1, 0.15) is 23.5 Å². The fraction of sp³-hybridized carbons (Fsp3) is 0.143. The number of hydrogen-bond donors (Lipinski definition) is 0. The van der Waals surface area contributed by atoms with E-state index in [1.807, 2.05) is 54.6 Å². The molecule has 2 heterocycles. The van der Waals surface area contributed by atoms with Gasteiger partial charge in [0.2, 0.25) is 0 Å². The van der Waals surface area contributed by atoms with Crippen molar-refractivity contribution < 1.29 is 4.42 Å². The Balaban J connectivity index is 1.79. The monoisotopic (exact) mass is 362 g/mol. The predicted octanol–water partition coefficient (Wildman–Crippen LogP) is 4.89. The number of aromatic nitrogens is 2. The minimum atomic E-state index is -0.0465. The summed E-state index contributed by atoms with van der Waals surface area (Å²) in [5.41, 5.74) is 1.87. The minimum absolute atomic E-state index is 0.0465. The summed E-state index contributed by atoms with van der Waals surface area (Å²) in [5.74, 6) is 0.735. The molecular weight excluding hydrogens is 344 g/mol. The van der Waals surface area contributed by atoms with Crippen LogP contribution < -0.4 is 5.56 Å². The molecule has 0 fully saturated rings. The van der Waals surface area contributed by atoms with Crippen LogP contribution in [0.25, 0.3) is 10.9 Å². The van der Waals surface area contributed by atoms with Crippen LogP contribution in [0.4, 0.5) is 0 Å². The van der Waals surface area contributed by atoms with Gasteiger partial charge in [-0.05, 0) is 36.8 Å². The molecule has 2 aromatic carbocycles. The zero-order valence-corrected chi connectivity index (χ0v) is 15.1. The largest absolute Gasteiger partial charge is 0.467 e. The van der Waals surface area contributed by atoms with Gasteiger partial charge in [-0.15, -0.1) is 0 Å². The van der Waals surface area contributed by atoms with Gasteiger partial charge in [0.1, 0.15) is 5.76 Å². The van der Waals surface area contributed by atoms with Gasteiger partial charge >= 0.3 is 0 Å². The van der Waals surface area contributed by atoms with Crippen molar-refractivity contribution in [3.05, 3.63) is 94.7 Å². The van der Waals surface area contributed by atoms with Crippen molar-refractivity contribution in [2.24, 2.45) is 0 Å². The lowest BCUT2D eigenvalue weighted by Gasteiger charge is -2.16. The van der Waals surface area contributed by atoms with Crippen LogP contribution >= 0.6 is 11.8 Å². The first-order valence-corrected chi connectivity index (χ1v) is 9.34. The van der Waals surface area contributed by atoms with E-state index in [1.54, 1.807) is 22.6 Å². The van der Waals surface area contributed by atoms with Gasteiger partial charge in [-0.1, -0.05) is 54.2 Å². The maximum absolute atomic E-state index is 13.1. The molecule has 0 radical (unpaired) electrons. The molecule has 1 atom stereocenters. The van der Waals surface area contributed by atoms with E-state index < -0.39 is 0 Å². The summed E-state index contributed by atoms with van der Waals surface area (Å²) in [6, 6.07) is 21.4. The first kappa shape index (κ1) is 16.7. The molecule has 130 valence electrons. The zero-order valence-electron chi connectivity index (χ0n) is 14.3. The van der Waals surface area contributed by atoms with Crippen LogP contribution in [-0.4, -0.2) is 9.55 Å². The summed E-state index contributed by atoms with van der Waals surface area (Å²) in [4.78, 5) is 17.8. The van der Waals surface area contributed by atoms with Gasteiger partial charge in [0, 0.05) is 5.25 Å². The Kier molecular flexibility index (Phi) is 4.63. The van der Waals surface area contributed by atoms with Gasteiger partial charge in [-0.2, -0.15) is 0 Å². The average molecular weight is 362 g/mol. The number of para-hydroxylation sites is 1. The van der Waals surface area contributed by atoms with Crippen molar-refractivity contribution in [2.75, 3.05) is 0 Å². The van der Waals surface area contributed by atoms with E-state index in [0.717, 1.165) is 11.3 Å². The standard InChI is InChI=1S/C21H18N2O2S/c1-15(16-8-3-2-4-9-16)26-21-22-19-12-6-5-11-18(19)20(24)23(21)14-17-10-7-13-25-17/h2-13,15H,14H2,1H3. The number of rotatable bonds is 5. The van der Waals surface area contributed by atoms with Gasteiger partial charge in [0.15, 0.2) is 5.16 Å². The van der Waals surface area contributed by atoms with Crippen molar-refractivity contribution in [2.45, 2.75) is 23.9 Å². The highest BCUT2D eigenvalue weighted by Crippen LogP contribution is 2.33. The topological polar surface area (TPSA) is 48.0 Å². The normalized spacial score (nSPS) is 12.3. The van der Waals surface area contributed by atoms with Crippen molar-refractivity contribution in [1.29, 1.82) is 0 Å². The lowest BCUT2D eigenvalue weighted by molar-refractivity contribution is 0.476. The molecule has 4 aromatic rings. The van der Waals surface area contributed by atoms with Gasteiger partial charge in [0.25, 0.3) is 5.56 Å². The molecule has 0 bridgehead atoms. The molecule has 4 rings (SSSR count). The summed E-state index contributed by atoms with van der Waals surface area (Å²) in [6.07, 6.45) is 1.62. The van der Waals surface area contributed by atoms with Crippen LogP contribution in [0, 0.1) is 0 Å². The summed E-state index contributed by atoms with van der Waals surface area (Å²) in [5, 5.41) is 1.49. The van der Waals surface area contributed by atoms with E-state index in [4.69, 9.17) is 9.40 Å². The van der Waals surface area contributed by atoms with Gasteiger partial charge in [-0.3, -0.25) is 9.36 Å². The van der Waals surface area contributed by atoms with Crippen LogP contribution in [0.3, 0.4) is 0 Å². The molecule has 0 aliphatic heterocycles. The van der Waals surface area contributed by atoms with E-state index in [1.165, 1.54) is 5.56 Å². The third-order valence-electron chi connectivity index (χ3n) is 4.27. The minimum Gasteiger partial charge on any atom is -0.467 e. The average Bonchev–Trinajstić information content (AvgIpc) is 3.19. The van der Waals surface area contributed by atoms with E-state index in [2.05, 4.69) is 19.1 Å². The third-order valence-corrected chi connectivity index (χ3v) is 5.42. The smallest absolute Gasteiger partial charge is 0.262 e. The number of furan rings is 1. The molecule has 4 nitrogen and oxygen atoms in total. The van der Waals surface area contributed by atoms with Crippen LogP contribution in [0.5, 0.6) is 0 Å². The molecule has 0 N–H and O–H groups in total. The fourth-order valence-corrected chi connectivity index (χ4v) is 3.92. The van der Waals surface area contributed by atoms with Gasteiger partial charge < -0.3 is 4.42 Å². The van der Waals surface area contributed by atoms with Gasteiger partial charge in [0.05, 0.1) is 23.7 Å². The molecule has 0 amide bonds. The second kappa shape index (κ2) is 7.22. The Hall–Kier alpha value is -2.79. The Bertz CT molecular complexity index is 1070. The molecule has 26 heavy (non-hydrogen) atoms. The summed E-state index contributed by atoms with van der Waals surface area (Å²) in [7, 11) is 0. The first-order chi connectivity index (χ1) is 12.7. The molecule has 2 aromatic heterocycles. The highest BCUT2D eigenvalue weighted by molar-refractivity contribution is 7.99. The number of nitrogens with zero attached hydrogens (tertiary/aromatic N) is 2. The van der Waals surface area contributed by atoms with Crippen molar-refractivity contribution in [1.82, 2.24) is 9.55 Å². The van der Waals surface area contributed by atoms with Gasteiger partial charge in [-0.25, -0.2) is 4.98 Å². The van der Waals surface area contributed by atoms with Crippen molar-refractivity contribution in [3.8, 4) is 0 Å². The molecule has 0 saturated carbocycles. The molecule has 0 aliphatic carbocycles.